The third-order valence-corrected chi connectivity index (χ3v) is 2.85. The van der Waals surface area contributed by atoms with E-state index in [9.17, 15) is 4.79 Å². The lowest BCUT2D eigenvalue weighted by atomic mass is 9.93. The fraction of sp³-hybridized carbons (Fsp3) is 0.417. The Bertz CT molecular complexity index is 402. The Morgan fingerprint density at radius 1 is 1.50 bits per heavy atom. The number of methoxy groups -OCH3 is 1. The standard InChI is InChI=1S/C12H16BrNO2/c1-7(2)12-9(10(15)6-14)4-8(13)5-11(12)16-3/h4-5,7H,6,14H2,1-3H3. The highest BCUT2D eigenvalue weighted by Gasteiger charge is 2.18. The van der Waals surface area contributed by atoms with Gasteiger partial charge in [-0.25, -0.2) is 0 Å². The summed E-state index contributed by atoms with van der Waals surface area (Å²) in [6, 6.07) is 3.66. The molecule has 3 nitrogen and oxygen atoms in total. The normalized spacial score (nSPS) is 10.6. The Morgan fingerprint density at radius 2 is 2.12 bits per heavy atom. The molecule has 88 valence electrons. The Hall–Kier alpha value is -0.870. The quantitative estimate of drug-likeness (QED) is 0.866. The highest BCUT2D eigenvalue weighted by atomic mass is 79.9. The van der Waals surface area contributed by atoms with Crippen LogP contribution in [0.3, 0.4) is 0 Å². The fourth-order valence-corrected chi connectivity index (χ4v) is 2.13. The van der Waals surface area contributed by atoms with E-state index >= 15 is 0 Å². The van der Waals surface area contributed by atoms with Gasteiger partial charge in [-0.05, 0) is 18.1 Å². The number of hydrogen-bond donors (Lipinski definition) is 1. The molecule has 0 fully saturated rings. The molecule has 0 atom stereocenters. The maximum Gasteiger partial charge on any atom is 0.176 e. The molecule has 1 aromatic rings. The van der Waals surface area contributed by atoms with Crippen LogP contribution in [-0.2, 0) is 0 Å². The Morgan fingerprint density at radius 3 is 2.56 bits per heavy atom. The summed E-state index contributed by atoms with van der Waals surface area (Å²) in [5, 5.41) is 0. The molecule has 0 aliphatic heterocycles. The van der Waals surface area contributed by atoms with Gasteiger partial charge in [0.2, 0.25) is 0 Å². The lowest BCUT2D eigenvalue weighted by Crippen LogP contribution is -2.16. The molecule has 0 saturated heterocycles. The van der Waals surface area contributed by atoms with Crippen LogP contribution in [0.5, 0.6) is 5.75 Å². The number of ketones is 1. The SMILES string of the molecule is COc1cc(Br)cc(C(=O)CN)c1C(C)C. The zero-order chi connectivity index (χ0) is 12.3. The van der Waals surface area contributed by atoms with Crippen molar-refractivity contribution < 1.29 is 9.53 Å². The Labute approximate surface area is 104 Å². The molecule has 0 saturated carbocycles. The second-order valence-corrected chi connectivity index (χ2v) is 4.77. The van der Waals surface area contributed by atoms with E-state index in [1.807, 2.05) is 19.9 Å². The van der Waals surface area contributed by atoms with Crippen molar-refractivity contribution in [1.29, 1.82) is 0 Å². The number of rotatable bonds is 4. The predicted octanol–water partition coefficient (Wildman–Crippen LogP) is 2.72. The number of nitrogens with two attached hydrogens (primary N) is 1. The number of carbonyl (C=O) groups is 1. The summed E-state index contributed by atoms with van der Waals surface area (Å²) in [4.78, 5) is 11.8. The minimum absolute atomic E-state index is 0.0132. The minimum atomic E-state index is -0.0664. The molecule has 1 aromatic carbocycles. The fourth-order valence-electron chi connectivity index (χ4n) is 1.70. The summed E-state index contributed by atoms with van der Waals surface area (Å²) in [6.07, 6.45) is 0. The predicted molar refractivity (Wildman–Crippen MR) is 68.2 cm³/mol. The van der Waals surface area contributed by atoms with Gasteiger partial charge < -0.3 is 10.5 Å². The molecule has 0 bridgehead atoms. The van der Waals surface area contributed by atoms with Crippen LogP contribution in [0, 0.1) is 0 Å². The van der Waals surface area contributed by atoms with E-state index in [-0.39, 0.29) is 18.2 Å². The van der Waals surface area contributed by atoms with Crippen molar-refractivity contribution in [1.82, 2.24) is 0 Å². The zero-order valence-electron chi connectivity index (χ0n) is 9.71. The molecular formula is C12H16BrNO2. The summed E-state index contributed by atoms with van der Waals surface area (Å²) in [5.74, 6) is 0.873. The second kappa shape index (κ2) is 5.46. The van der Waals surface area contributed by atoms with Crippen molar-refractivity contribution >= 4 is 21.7 Å². The second-order valence-electron chi connectivity index (χ2n) is 3.85. The number of Topliss-reactive ketones (excluding diaryl/α,β-unsaturated/α-hetero) is 1. The minimum Gasteiger partial charge on any atom is -0.496 e. The first kappa shape index (κ1) is 13.2. The van der Waals surface area contributed by atoms with Crippen molar-refractivity contribution in [3.8, 4) is 5.75 Å². The van der Waals surface area contributed by atoms with Crippen LogP contribution in [0.15, 0.2) is 16.6 Å². The van der Waals surface area contributed by atoms with E-state index in [0.717, 1.165) is 15.8 Å². The van der Waals surface area contributed by atoms with Gasteiger partial charge >= 0.3 is 0 Å². The molecule has 0 aliphatic carbocycles. The maximum atomic E-state index is 11.8. The highest BCUT2D eigenvalue weighted by Crippen LogP contribution is 2.33. The highest BCUT2D eigenvalue weighted by molar-refractivity contribution is 9.10. The van der Waals surface area contributed by atoms with Gasteiger partial charge in [0.15, 0.2) is 5.78 Å². The molecule has 2 N–H and O–H groups in total. The van der Waals surface area contributed by atoms with Crippen LogP contribution >= 0.6 is 15.9 Å². The van der Waals surface area contributed by atoms with Crippen LogP contribution in [0.25, 0.3) is 0 Å². The van der Waals surface area contributed by atoms with E-state index in [0.29, 0.717) is 5.56 Å². The van der Waals surface area contributed by atoms with Crippen molar-refractivity contribution in [2.75, 3.05) is 13.7 Å². The van der Waals surface area contributed by atoms with E-state index < -0.39 is 0 Å². The van der Waals surface area contributed by atoms with Crippen LogP contribution < -0.4 is 10.5 Å². The molecule has 0 amide bonds. The molecule has 0 aliphatic rings. The molecule has 0 aromatic heterocycles. The number of hydrogen-bond acceptors (Lipinski definition) is 3. The molecule has 0 spiro atoms. The number of benzene rings is 1. The van der Waals surface area contributed by atoms with Crippen molar-refractivity contribution in [2.24, 2.45) is 5.73 Å². The van der Waals surface area contributed by atoms with Gasteiger partial charge in [0.1, 0.15) is 5.75 Å². The first-order chi connectivity index (χ1) is 7.51. The summed E-state index contributed by atoms with van der Waals surface area (Å²) >= 11 is 3.36. The molecule has 0 heterocycles. The lowest BCUT2D eigenvalue weighted by Gasteiger charge is -2.16. The number of ether oxygens (including phenoxy) is 1. The average molecular weight is 286 g/mol. The monoisotopic (exact) mass is 285 g/mol. The molecule has 16 heavy (non-hydrogen) atoms. The van der Waals surface area contributed by atoms with E-state index in [2.05, 4.69) is 15.9 Å². The largest absolute Gasteiger partial charge is 0.496 e. The summed E-state index contributed by atoms with van der Waals surface area (Å²) < 4.78 is 6.12. The molecular weight excluding hydrogens is 270 g/mol. The summed E-state index contributed by atoms with van der Waals surface area (Å²) in [6.45, 7) is 4.07. The van der Waals surface area contributed by atoms with Crippen molar-refractivity contribution in [2.45, 2.75) is 19.8 Å². The third-order valence-electron chi connectivity index (χ3n) is 2.39. The van der Waals surface area contributed by atoms with Crippen LogP contribution in [0.2, 0.25) is 0 Å². The zero-order valence-corrected chi connectivity index (χ0v) is 11.3. The van der Waals surface area contributed by atoms with E-state index in [1.165, 1.54) is 0 Å². The molecule has 0 unspecified atom stereocenters. The molecule has 1 rings (SSSR count). The number of halogens is 1. The molecule has 0 radical (unpaired) electrons. The third kappa shape index (κ3) is 2.62. The van der Waals surface area contributed by atoms with Gasteiger partial charge in [-0.3, -0.25) is 4.79 Å². The maximum absolute atomic E-state index is 11.8. The lowest BCUT2D eigenvalue weighted by molar-refractivity contribution is 0.0999. The van der Waals surface area contributed by atoms with Crippen molar-refractivity contribution in [3.63, 3.8) is 0 Å². The Kier molecular flexibility index (Phi) is 4.50. The Balaban J connectivity index is 3.44. The van der Waals surface area contributed by atoms with Gasteiger partial charge in [-0.2, -0.15) is 0 Å². The van der Waals surface area contributed by atoms with Gasteiger partial charge in [-0.1, -0.05) is 29.8 Å². The van der Waals surface area contributed by atoms with E-state index in [1.54, 1.807) is 13.2 Å². The average Bonchev–Trinajstić information content (AvgIpc) is 2.26. The van der Waals surface area contributed by atoms with Crippen molar-refractivity contribution in [3.05, 3.63) is 27.7 Å². The van der Waals surface area contributed by atoms with Crippen LogP contribution in [0.4, 0.5) is 0 Å². The van der Waals surface area contributed by atoms with Gasteiger partial charge in [0.25, 0.3) is 0 Å². The summed E-state index contributed by atoms with van der Waals surface area (Å²) in [7, 11) is 1.60. The first-order valence-corrected chi connectivity index (χ1v) is 5.91. The van der Waals surface area contributed by atoms with Gasteiger partial charge in [0.05, 0.1) is 13.7 Å². The topological polar surface area (TPSA) is 52.3 Å². The van der Waals surface area contributed by atoms with Crippen LogP contribution in [-0.4, -0.2) is 19.4 Å². The van der Waals surface area contributed by atoms with Gasteiger partial charge in [0, 0.05) is 15.6 Å². The first-order valence-electron chi connectivity index (χ1n) is 5.12. The van der Waals surface area contributed by atoms with Crippen LogP contribution in [0.1, 0.15) is 35.7 Å². The molecule has 4 heteroatoms. The summed E-state index contributed by atoms with van der Waals surface area (Å²) in [5.41, 5.74) is 6.97. The van der Waals surface area contributed by atoms with Gasteiger partial charge in [-0.15, -0.1) is 0 Å². The number of carbonyl (C=O) groups excluding carboxylic acids is 1. The smallest absolute Gasteiger partial charge is 0.176 e. The van der Waals surface area contributed by atoms with E-state index in [4.69, 9.17) is 10.5 Å².